The first-order valence-electron chi connectivity index (χ1n) is 10.7. The van der Waals surface area contributed by atoms with E-state index < -0.39 is 5.43 Å². The van der Waals surface area contributed by atoms with Crippen LogP contribution in [0.5, 0.6) is 11.5 Å². The molecule has 0 aliphatic rings. The van der Waals surface area contributed by atoms with Gasteiger partial charge in [-0.05, 0) is 31.5 Å². The number of aromatic hydroxyl groups is 1. The largest absolute Gasteiger partial charge is 0.503 e. The Morgan fingerprint density at radius 2 is 1.94 bits per heavy atom. The zero-order chi connectivity index (χ0) is 23.4. The minimum atomic E-state index is -0.394. The number of aryl methyl sites for hydroxylation is 1. The van der Waals surface area contributed by atoms with Crippen molar-refractivity contribution in [3.63, 3.8) is 0 Å². The van der Waals surface area contributed by atoms with Crippen LogP contribution < -0.4 is 20.9 Å². The second-order valence-corrected chi connectivity index (χ2v) is 8.01. The number of nitrogens with one attached hydrogen (secondary N) is 1. The van der Waals surface area contributed by atoms with Gasteiger partial charge in [0.25, 0.3) is 0 Å². The van der Waals surface area contributed by atoms with Crippen molar-refractivity contribution in [3.05, 3.63) is 104 Å². The number of ether oxygens (including phenoxy) is 1. The van der Waals surface area contributed by atoms with Crippen molar-refractivity contribution in [3.8, 4) is 11.5 Å². The highest BCUT2D eigenvalue weighted by atomic mass is 16.5. The summed E-state index contributed by atoms with van der Waals surface area (Å²) in [5.74, 6) is 0.396. The summed E-state index contributed by atoms with van der Waals surface area (Å²) in [5, 5.41) is 13.5. The van der Waals surface area contributed by atoms with Gasteiger partial charge < -0.3 is 24.1 Å². The molecule has 4 aromatic rings. The van der Waals surface area contributed by atoms with Crippen molar-refractivity contribution in [1.82, 2.24) is 9.88 Å². The first-order valence-corrected chi connectivity index (χ1v) is 10.7. The Hall–Kier alpha value is -3.84. The van der Waals surface area contributed by atoms with Gasteiger partial charge in [-0.3, -0.25) is 9.59 Å². The molecule has 0 unspecified atom stereocenters. The third-order valence-electron chi connectivity index (χ3n) is 5.56. The Kier molecular flexibility index (Phi) is 6.60. The van der Waals surface area contributed by atoms with Gasteiger partial charge in [0, 0.05) is 43.5 Å². The van der Waals surface area contributed by atoms with Crippen molar-refractivity contribution >= 4 is 11.0 Å². The SMILES string of the molecule is Cc1cccc(COc2ccc3c(=O)c(CNCCn4ccc(=O)c(O)c4C)coc3c2)c1. The maximum atomic E-state index is 12.8. The van der Waals surface area contributed by atoms with Gasteiger partial charge in [-0.15, -0.1) is 0 Å². The fraction of sp³-hybridized carbons (Fsp3) is 0.231. The van der Waals surface area contributed by atoms with Crippen molar-refractivity contribution in [2.75, 3.05) is 6.54 Å². The highest BCUT2D eigenvalue weighted by molar-refractivity contribution is 5.78. The van der Waals surface area contributed by atoms with E-state index in [1.807, 2.05) is 25.1 Å². The van der Waals surface area contributed by atoms with E-state index >= 15 is 0 Å². The van der Waals surface area contributed by atoms with E-state index in [2.05, 4.69) is 11.4 Å². The minimum Gasteiger partial charge on any atom is -0.503 e. The average Bonchev–Trinajstić information content (AvgIpc) is 2.81. The third-order valence-corrected chi connectivity index (χ3v) is 5.56. The van der Waals surface area contributed by atoms with Crippen LogP contribution in [0, 0.1) is 13.8 Å². The van der Waals surface area contributed by atoms with Crippen molar-refractivity contribution in [1.29, 1.82) is 0 Å². The molecule has 7 nitrogen and oxygen atoms in total. The van der Waals surface area contributed by atoms with Crippen LogP contribution in [0.15, 0.2) is 75.0 Å². The van der Waals surface area contributed by atoms with E-state index in [1.165, 1.54) is 17.9 Å². The number of rotatable bonds is 8. The molecule has 2 aromatic carbocycles. The summed E-state index contributed by atoms with van der Waals surface area (Å²) < 4.78 is 13.3. The monoisotopic (exact) mass is 446 g/mol. The lowest BCUT2D eigenvalue weighted by molar-refractivity contribution is 0.306. The van der Waals surface area contributed by atoms with Gasteiger partial charge in [0.05, 0.1) is 17.3 Å². The van der Waals surface area contributed by atoms with Crippen LogP contribution in [-0.4, -0.2) is 16.2 Å². The minimum absolute atomic E-state index is 0.0915. The molecule has 0 aliphatic carbocycles. The van der Waals surface area contributed by atoms with Gasteiger partial charge >= 0.3 is 0 Å². The fourth-order valence-corrected chi connectivity index (χ4v) is 3.66. The molecule has 4 rings (SSSR count). The Morgan fingerprint density at radius 3 is 2.76 bits per heavy atom. The molecule has 2 aromatic heterocycles. The highest BCUT2D eigenvalue weighted by Crippen LogP contribution is 2.20. The van der Waals surface area contributed by atoms with Crippen molar-refractivity contribution in [2.24, 2.45) is 0 Å². The quantitative estimate of drug-likeness (QED) is 0.402. The molecule has 0 radical (unpaired) electrons. The smallest absolute Gasteiger partial charge is 0.223 e. The van der Waals surface area contributed by atoms with E-state index in [4.69, 9.17) is 9.15 Å². The number of hydrogen-bond acceptors (Lipinski definition) is 6. The van der Waals surface area contributed by atoms with Crippen LogP contribution in [0.25, 0.3) is 11.0 Å². The summed E-state index contributed by atoms with van der Waals surface area (Å²) in [5.41, 5.74) is 3.27. The third kappa shape index (κ3) is 5.15. The Morgan fingerprint density at radius 1 is 1.09 bits per heavy atom. The van der Waals surface area contributed by atoms with E-state index in [0.29, 0.717) is 54.2 Å². The van der Waals surface area contributed by atoms with Crippen LogP contribution in [0.1, 0.15) is 22.4 Å². The molecule has 0 atom stereocenters. The molecule has 170 valence electrons. The van der Waals surface area contributed by atoms with Gasteiger partial charge in [-0.1, -0.05) is 29.8 Å². The molecular formula is C26H26N2O5. The summed E-state index contributed by atoms with van der Waals surface area (Å²) in [6, 6.07) is 14.7. The van der Waals surface area contributed by atoms with E-state index in [0.717, 1.165) is 5.56 Å². The lowest BCUT2D eigenvalue weighted by atomic mass is 10.1. The molecule has 2 heterocycles. The topological polar surface area (TPSA) is 93.7 Å². The summed E-state index contributed by atoms with van der Waals surface area (Å²) >= 11 is 0. The number of hydrogen-bond donors (Lipinski definition) is 2. The summed E-state index contributed by atoms with van der Waals surface area (Å²) in [7, 11) is 0. The summed E-state index contributed by atoms with van der Waals surface area (Å²) in [4.78, 5) is 24.3. The highest BCUT2D eigenvalue weighted by Gasteiger charge is 2.09. The molecule has 7 heteroatoms. The Bertz CT molecular complexity index is 1400. The van der Waals surface area contributed by atoms with Crippen LogP contribution in [0.2, 0.25) is 0 Å². The molecule has 0 spiro atoms. The normalized spacial score (nSPS) is 11.1. The fourth-order valence-electron chi connectivity index (χ4n) is 3.66. The van der Waals surface area contributed by atoms with Gasteiger partial charge in [-0.25, -0.2) is 0 Å². The number of nitrogens with zero attached hydrogens (tertiary/aromatic N) is 1. The Labute approximate surface area is 190 Å². The molecule has 0 amide bonds. The first kappa shape index (κ1) is 22.4. The van der Waals surface area contributed by atoms with Crippen molar-refractivity contribution < 1.29 is 14.3 Å². The zero-order valence-corrected chi connectivity index (χ0v) is 18.6. The van der Waals surface area contributed by atoms with Crippen LogP contribution >= 0.6 is 0 Å². The summed E-state index contributed by atoms with van der Waals surface area (Å²) in [6.45, 7) is 5.60. The van der Waals surface area contributed by atoms with E-state index in [9.17, 15) is 14.7 Å². The standard InChI is InChI=1S/C26H26N2O5/c1-17-4-3-5-19(12-17)15-32-21-6-7-22-24(13-21)33-16-20(26(22)31)14-27-9-11-28-10-8-23(29)25(30)18(28)2/h3-8,10,12-13,16,27,30H,9,11,14-15H2,1-2H3. The molecule has 0 saturated carbocycles. The molecule has 33 heavy (non-hydrogen) atoms. The van der Waals surface area contributed by atoms with Gasteiger partial charge in [0.1, 0.15) is 17.9 Å². The molecule has 0 aliphatic heterocycles. The van der Waals surface area contributed by atoms with Gasteiger partial charge in [-0.2, -0.15) is 0 Å². The summed E-state index contributed by atoms with van der Waals surface area (Å²) in [6.07, 6.45) is 3.11. The molecule has 0 fully saturated rings. The molecule has 2 N–H and O–H groups in total. The number of aromatic nitrogens is 1. The predicted molar refractivity (Wildman–Crippen MR) is 127 cm³/mol. The predicted octanol–water partition coefficient (Wildman–Crippen LogP) is 3.65. The van der Waals surface area contributed by atoms with Gasteiger partial charge in [0.2, 0.25) is 5.43 Å². The van der Waals surface area contributed by atoms with Crippen molar-refractivity contribution in [2.45, 2.75) is 33.5 Å². The number of fused-ring (bicyclic) bond motifs is 1. The lowest BCUT2D eigenvalue weighted by Gasteiger charge is -2.12. The maximum absolute atomic E-state index is 12.8. The molecule has 0 bridgehead atoms. The molecular weight excluding hydrogens is 420 g/mol. The lowest BCUT2D eigenvalue weighted by Crippen LogP contribution is -2.24. The zero-order valence-electron chi connectivity index (χ0n) is 18.6. The van der Waals surface area contributed by atoms with E-state index in [1.54, 1.807) is 35.9 Å². The second-order valence-electron chi connectivity index (χ2n) is 8.01. The number of pyridine rings is 1. The molecule has 0 saturated heterocycles. The van der Waals surface area contributed by atoms with Gasteiger partial charge in [0.15, 0.2) is 11.2 Å². The average molecular weight is 447 g/mol. The van der Waals surface area contributed by atoms with E-state index in [-0.39, 0.29) is 11.2 Å². The second kappa shape index (κ2) is 9.75. The Balaban J connectivity index is 1.38. The maximum Gasteiger partial charge on any atom is 0.223 e. The van der Waals surface area contributed by atoms with Crippen LogP contribution in [-0.2, 0) is 19.7 Å². The first-order chi connectivity index (χ1) is 15.9. The van der Waals surface area contributed by atoms with Crippen LogP contribution in [0.3, 0.4) is 0 Å². The number of benzene rings is 2. The van der Waals surface area contributed by atoms with Crippen LogP contribution in [0.4, 0.5) is 0 Å².